The summed E-state index contributed by atoms with van der Waals surface area (Å²) in [6.07, 6.45) is 5.85. The van der Waals surface area contributed by atoms with E-state index in [0.717, 1.165) is 18.5 Å². The van der Waals surface area contributed by atoms with Crippen LogP contribution >= 0.6 is 24.0 Å². The lowest BCUT2D eigenvalue weighted by atomic mass is 9.89. The molecular formula is C20H27Cl2N3O2. The zero-order valence-electron chi connectivity index (χ0n) is 15.6. The van der Waals surface area contributed by atoms with E-state index in [1.54, 1.807) is 22.9 Å². The largest absolute Gasteiger partial charge is 0.334 e. The molecule has 0 aromatic heterocycles. The normalized spacial score (nSPS) is 29.6. The SMILES string of the molecule is CN(C(=O)CC1CC2CCC(C1)N2)C1CCN(c2ccccc2Cl)C1=O.Cl. The Balaban J connectivity index is 0.00000210. The summed E-state index contributed by atoms with van der Waals surface area (Å²) in [6, 6.07) is 8.17. The molecule has 7 heteroatoms. The van der Waals surface area contributed by atoms with E-state index in [1.165, 1.54) is 12.8 Å². The molecule has 0 spiro atoms. The van der Waals surface area contributed by atoms with Crippen LogP contribution in [-0.4, -0.2) is 48.4 Å². The fraction of sp³-hybridized carbons (Fsp3) is 0.600. The fourth-order valence-corrected chi connectivity index (χ4v) is 5.08. The Morgan fingerprint density at radius 3 is 2.56 bits per heavy atom. The minimum Gasteiger partial charge on any atom is -0.334 e. The Hall–Kier alpha value is -1.30. The Morgan fingerprint density at radius 2 is 1.89 bits per heavy atom. The van der Waals surface area contributed by atoms with Gasteiger partial charge in [-0.05, 0) is 50.2 Å². The van der Waals surface area contributed by atoms with E-state index in [0.29, 0.717) is 42.4 Å². The molecule has 0 aliphatic carbocycles. The molecule has 4 rings (SSSR count). The number of fused-ring (bicyclic) bond motifs is 2. The number of rotatable bonds is 4. The molecule has 0 radical (unpaired) electrons. The Morgan fingerprint density at radius 1 is 1.22 bits per heavy atom. The second-order valence-electron chi connectivity index (χ2n) is 7.93. The molecule has 3 saturated heterocycles. The maximum absolute atomic E-state index is 12.9. The number of piperidine rings is 1. The van der Waals surface area contributed by atoms with Crippen molar-refractivity contribution in [2.24, 2.45) is 5.92 Å². The van der Waals surface area contributed by atoms with Crippen LogP contribution in [-0.2, 0) is 9.59 Å². The van der Waals surface area contributed by atoms with Crippen LogP contribution < -0.4 is 10.2 Å². The Bertz CT molecular complexity index is 702. The standard InChI is InChI=1S/C20H26ClN3O2.ClH/c1-23(19(25)12-13-10-14-6-7-15(11-13)22-14)18-8-9-24(20(18)26)17-5-3-2-4-16(17)21;/h2-5,13-15,18,22H,6-12H2,1H3;1H. The predicted octanol–water partition coefficient (Wildman–Crippen LogP) is 3.25. The molecule has 2 bridgehead atoms. The second-order valence-corrected chi connectivity index (χ2v) is 8.34. The van der Waals surface area contributed by atoms with Gasteiger partial charge in [-0.2, -0.15) is 0 Å². The Labute approximate surface area is 171 Å². The van der Waals surface area contributed by atoms with Gasteiger partial charge in [-0.3, -0.25) is 9.59 Å². The highest BCUT2D eigenvalue weighted by Gasteiger charge is 2.39. The summed E-state index contributed by atoms with van der Waals surface area (Å²) in [5.74, 6) is 0.509. The van der Waals surface area contributed by atoms with Crippen molar-refractivity contribution in [2.75, 3.05) is 18.5 Å². The fourth-order valence-electron chi connectivity index (χ4n) is 4.84. The number of nitrogens with zero attached hydrogens (tertiary/aromatic N) is 2. The summed E-state index contributed by atoms with van der Waals surface area (Å²) < 4.78 is 0. The Kier molecular flexibility index (Phi) is 6.34. The molecule has 3 unspecified atom stereocenters. The lowest BCUT2D eigenvalue weighted by molar-refractivity contribution is -0.137. The molecule has 0 saturated carbocycles. The number of hydrogen-bond acceptors (Lipinski definition) is 3. The number of likely N-dealkylation sites (N-methyl/N-ethyl adjacent to an activating group) is 1. The highest BCUT2D eigenvalue weighted by Crippen LogP contribution is 2.34. The predicted molar refractivity (Wildman–Crippen MR) is 110 cm³/mol. The number of halogens is 2. The molecule has 3 aliphatic rings. The van der Waals surface area contributed by atoms with Crippen molar-refractivity contribution in [3.8, 4) is 0 Å². The monoisotopic (exact) mass is 411 g/mol. The highest BCUT2D eigenvalue weighted by molar-refractivity contribution is 6.34. The van der Waals surface area contributed by atoms with Crippen LogP contribution in [0.4, 0.5) is 5.69 Å². The van der Waals surface area contributed by atoms with Crippen LogP contribution in [0.15, 0.2) is 24.3 Å². The summed E-state index contributed by atoms with van der Waals surface area (Å²) in [5, 5.41) is 4.19. The van der Waals surface area contributed by atoms with Gasteiger partial charge in [0.15, 0.2) is 0 Å². The van der Waals surface area contributed by atoms with Gasteiger partial charge in [-0.1, -0.05) is 23.7 Å². The first-order valence-electron chi connectivity index (χ1n) is 9.60. The zero-order chi connectivity index (χ0) is 18.3. The van der Waals surface area contributed by atoms with E-state index in [2.05, 4.69) is 5.32 Å². The second kappa shape index (κ2) is 8.38. The van der Waals surface area contributed by atoms with Gasteiger partial charge in [-0.25, -0.2) is 0 Å². The van der Waals surface area contributed by atoms with E-state index in [4.69, 9.17) is 11.6 Å². The number of para-hydroxylation sites is 1. The third-order valence-corrected chi connectivity index (χ3v) is 6.53. The van der Waals surface area contributed by atoms with Gasteiger partial charge in [0.1, 0.15) is 6.04 Å². The molecule has 3 fully saturated rings. The van der Waals surface area contributed by atoms with Crippen LogP contribution in [0.25, 0.3) is 0 Å². The number of amides is 2. The molecule has 1 aromatic rings. The van der Waals surface area contributed by atoms with Crippen LogP contribution in [0.2, 0.25) is 5.02 Å². The molecule has 3 heterocycles. The van der Waals surface area contributed by atoms with Crippen molar-refractivity contribution in [1.29, 1.82) is 0 Å². The van der Waals surface area contributed by atoms with Gasteiger partial charge in [0.2, 0.25) is 11.8 Å². The average molecular weight is 412 g/mol. The molecule has 2 amide bonds. The molecule has 5 nitrogen and oxygen atoms in total. The summed E-state index contributed by atoms with van der Waals surface area (Å²) in [4.78, 5) is 29.0. The van der Waals surface area contributed by atoms with Crippen molar-refractivity contribution < 1.29 is 9.59 Å². The minimum absolute atomic E-state index is 0. The van der Waals surface area contributed by atoms with Gasteiger partial charge in [0.25, 0.3) is 0 Å². The van der Waals surface area contributed by atoms with E-state index in [-0.39, 0.29) is 30.3 Å². The number of carbonyl (C=O) groups is 2. The number of hydrogen-bond donors (Lipinski definition) is 1. The topological polar surface area (TPSA) is 52.7 Å². The molecule has 1 aromatic carbocycles. The third kappa shape index (κ3) is 4.10. The molecular weight excluding hydrogens is 385 g/mol. The van der Waals surface area contributed by atoms with Crippen molar-refractivity contribution in [1.82, 2.24) is 10.2 Å². The van der Waals surface area contributed by atoms with Gasteiger partial charge in [0.05, 0.1) is 10.7 Å². The first-order valence-corrected chi connectivity index (χ1v) is 9.98. The maximum atomic E-state index is 12.9. The van der Waals surface area contributed by atoms with Crippen molar-refractivity contribution in [3.63, 3.8) is 0 Å². The van der Waals surface area contributed by atoms with E-state index >= 15 is 0 Å². The first kappa shape index (κ1) is 20.4. The summed E-state index contributed by atoms with van der Waals surface area (Å²) in [6.45, 7) is 0.600. The van der Waals surface area contributed by atoms with Crippen LogP contribution in [0.5, 0.6) is 0 Å². The van der Waals surface area contributed by atoms with E-state index in [9.17, 15) is 9.59 Å². The highest BCUT2D eigenvalue weighted by atomic mass is 35.5. The van der Waals surface area contributed by atoms with Crippen LogP contribution in [0.1, 0.15) is 38.5 Å². The van der Waals surface area contributed by atoms with Gasteiger partial charge >= 0.3 is 0 Å². The summed E-state index contributed by atoms with van der Waals surface area (Å²) >= 11 is 6.24. The molecule has 1 N–H and O–H groups in total. The summed E-state index contributed by atoms with van der Waals surface area (Å²) in [5.41, 5.74) is 0.734. The van der Waals surface area contributed by atoms with E-state index < -0.39 is 0 Å². The number of nitrogens with one attached hydrogen (secondary N) is 1. The van der Waals surface area contributed by atoms with Crippen LogP contribution in [0, 0.1) is 5.92 Å². The summed E-state index contributed by atoms with van der Waals surface area (Å²) in [7, 11) is 1.77. The smallest absolute Gasteiger partial charge is 0.249 e. The maximum Gasteiger partial charge on any atom is 0.249 e. The average Bonchev–Trinajstić information content (AvgIpc) is 3.17. The third-order valence-electron chi connectivity index (χ3n) is 6.22. The lowest BCUT2D eigenvalue weighted by Crippen LogP contribution is -2.45. The minimum atomic E-state index is -0.378. The van der Waals surface area contributed by atoms with Crippen molar-refractivity contribution in [3.05, 3.63) is 29.3 Å². The van der Waals surface area contributed by atoms with Crippen LogP contribution in [0.3, 0.4) is 0 Å². The molecule has 27 heavy (non-hydrogen) atoms. The first-order chi connectivity index (χ1) is 12.5. The van der Waals surface area contributed by atoms with Gasteiger partial charge in [0, 0.05) is 32.1 Å². The van der Waals surface area contributed by atoms with Gasteiger partial charge in [-0.15, -0.1) is 12.4 Å². The number of carbonyl (C=O) groups excluding carboxylic acids is 2. The zero-order valence-corrected chi connectivity index (χ0v) is 17.1. The number of benzene rings is 1. The van der Waals surface area contributed by atoms with Gasteiger partial charge < -0.3 is 15.1 Å². The van der Waals surface area contributed by atoms with Crippen molar-refractivity contribution in [2.45, 2.75) is 56.7 Å². The number of anilines is 1. The molecule has 148 valence electrons. The molecule has 3 aliphatic heterocycles. The van der Waals surface area contributed by atoms with Crippen molar-refractivity contribution >= 4 is 41.5 Å². The van der Waals surface area contributed by atoms with E-state index in [1.807, 2.05) is 18.2 Å². The quantitative estimate of drug-likeness (QED) is 0.826. The molecule has 3 atom stereocenters. The lowest BCUT2D eigenvalue weighted by Gasteiger charge is -2.31.